The average Bonchev–Trinajstić information content (AvgIpc) is 3.58. The Hall–Kier alpha value is -5.16. The molecule has 4 heterocycles. The number of rotatable bonds is 8. The van der Waals surface area contributed by atoms with Gasteiger partial charge in [-0.2, -0.15) is 0 Å². The second kappa shape index (κ2) is 16.3. The van der Waals surface area contributed by atoms with E-state index >= 15 is 0 Å². The van der Waals surface area contributed by atoms with E-state index in [0.29, 0.717) is 46.4 Å². The Morgan fingerprint density at radius 3 is 2.65 bits per heavy atom. The Bertz CT molecular complexity index is 2020. The molecule has 3 amide bonds. The molecule has 5 atom stereocenters. The smallest absolute Gasteiger partial charge is 0.408 e. The molecule has 1 saturated heterocycles. The molecule has 0 bridgehead atoms. The van der Waals surface area contributed by atoms with E-state index in [1.807, 2.05) is 43.5 Å². The fraction of sp³-hybridized carbons (Fsp3) is 0.512. The number of carbonyl (C=O) groups excluding carboxylic acids is 3. The Labute approximate surface area is 324 Å². The molecule has 14 heteroatoms. The van der Waals surface area contributed by atoms with E-state index in [9.17, 15) is 24.3 Å². The maximum Gasteiger partial charge on any atom is 0.408 e. The van der Waals surface area contributed by atoms with Gasteiger partial charge in [-0.1, -0.05) is 37.0 Å². The van der Waals surface area contributed by atoms with Crippen LogP contribution in [0.1, 0.15) is 90.0 Å². The molecular formula is C41H48N6O7S. The monoisotopic (exact) mass is 768 g/mol. The quantitative estimate of drug-likeness (QED) is 0.157. The Kier molecular flexibility index (Phi) is 11.3. The van der Waals surface area contributed by atoms with Crippen LogP contribution in [0.3, 0.4) is 0 Å². The number of pyridine rings is 1. The van der Waals surface area contributed by atoms with Crippen LogP contribution >= 0.6 is 11.3 Å². The number of para-hydroxylation sites is 1. The highest BCUT2D eigenvalue weighted by Crippen LogP contribution is 2.45. The van der Waals surface area contributed by atoms with Crippen molar-refractivity contribution >= 4 is 51.2 Å². The molecule has 3 fully saturated rings. The van der Waals surface area contributed by atoms with Crippen LogP contribution in [-0.4, -0.2) is 86.3 Å². The van der Waals surface area contributed by atoms with Crippen molar-refractivity contribution in [3.63, 3.8) is 0 Å². The number of anilines is 1. The maximum atomic E-state index is 14.5. The van der Waals surface area contributed by atoms with Gasteiger partial charge in [0.2, 0.25) is 11.8 Å². The number of aliphatic carboxylic acids is 1. The molecule has 0 radical (unpaired) electrons. The second-order valence-electron chi connectivity index (χ2n) is 15.3. The number of thiazole rings is 1. The number of carbonyl (C=O) groups is 4. The van der Waals surface area contributed by atoms with E-state index in [-0.39, 0.29) is 37.5 Å². The van der Waals surface area contributed by atoms with Crippen LogP contribution in [0.25, 0.3) is 22.3 Å². The maximum absolute atomic E-state index is 14.5. The molecule has 2 saturated carbocycles. The van der Waals surface area contributed by atoms with Crippen molar-refractivity contribution in [1.82, 2.24) is 25.5 Å². The largest absolute Gasteiger partial charge is 0.488 e. The van der Waals surface area contributed by atoms with Gasteiger partial charge in [0.25, 0.3) is 0 Å². The molecule has 7 rings (SSSR count). The number of terminal acetylenes is 1. The van der Waals surface area contributed by atoms with E-state index in [4.69, 9.17) is 25.9 Å². The summed E-state index contributed by atoms with van der Waals surface area (Å²) in [7, 11) is 0. The molecule has 4 aliphatic rings. The minimum absolute atomic E-state index is 0.0172. The number of carboxylic acids is 1. The lowest BCUT2D eigenvalue weighted by atomic mass is 10.0. The van der Waals surface area contributed by atoms with Crippen molar-refractivity contribution in [2.45, 2.75) is 120 Å². The highest BCUT2D eigenvalue weighted by atomic mass is 32.1. The van der Waals surface area contributed by atoms with Crippen molar-refractivity contribution in [2.24, 2.45) is 5.92 Å². The summed E-state index contributed by atoms with van der Waals surface area (Å²) in [6.07, 6.45) is 15.5. The van der Waals surface area contributed by atoms with E-state index in [1.165, 1.54) is 16.2 Å². The highest BCUT2D eigenvalue weighted by Gasteiger charge is 2.61. The predicted octanol–water partition coefficient (Wildman–Crippen LogP) is 6.03. The third kappa shape index (κ3) is 8.42. The number of allylic oxidation sites excluding steroid dienone is 1. The third-order valence-corrected chi connectivity index (χ3v) is 11.7. The minimum atomic E-state index is -1.46. The molecule has 1 unspecified atom stereocenters. The number of amides is 3. The topological polar surface area (TPSA) is 172 Å². The molecule has 55 heavy (non-hydrogen) atoms. The van der Waals surface area contributed by atoms with Gasteiger partial charge in [-0.25, -0.2) is 19.6 Å². The van der Waals surface area contributed by atoms with Crippen molar-refractivity contribution in [2.75, 3.05) is 11.9 Å². The lowest BCUT2D eigenvalue weighted by Gasteiger charge is -2.29. The highest BCUT2D eigenvalue weighted by molar-refractivity contribution is 7.14. The molecule has 2 aliphatic carbocycles. The first-order valence-corrected chi connectivity index (χ1v) is 20.2. The first-order valence-electron chi connectivity index (χ1n) is 19.3. The summed E-state index contributed by atoms with van der Waals surface area (Å²) in [5.74, 6) is 0.667. The Morgan fingerprint density at radius 1 is 1.09 bits per heavy atom. The fourth-order valence-corrected chi connectivity index (χ4v) is 8.78. The molecule has 3 aromatic rings. The normalized spacial score (nSPS) is 26.0. The molecule has 290 valence electrons. The first-order chi connectivity index (χ1) is 26.5. The number of aromatic nitrogens is 2. The predicted molar refractivity (Wildman–Crippen MR) is 209 cm³/mol. The third-order valence-electron chi connectivity index (χ3n) is 10.9. The number of nitrogens with zero attached hydrogens (tertiary/aromatic N) is 3. The van der Waals surface area contributed by atoms with Gasteiger partial charge in [-0.15, -0.1) is 17.8 Å². The van der Waals surface area contributed by atoms with Gasteiger partial charge < -0.3 is 35.4 Å². The molecule has 13 nitrogen and oxygen atoms in total. The second-order valence-corrected chi connectivity index (χ2v) is 16.2. The van der Waals surface area contributed by atoms with Crippen molar-refractivity contribution in [3.8, 4) is 29.5 Å². The van der Waals surface area contributed by atoms with Gasteiger partial charge in [0.05, 0.1) is 23.3 Å². The summed E-state index contributed by atoms with van der Waals surface area (Å²) in [5, 5.41) is 22.5. The Balaban J connectivity index is 1.21. The van der Waals surface area contributed by atoms with Crippen molar-refractivity contribution in [3.05, 3.63) is 47.4 Å². The summed E-state index contributed by atoms with van der Waals surface area (Å²) in [6.45, 7) is 4.08. The summed E-state index contributed by atoms with van der Waals surface area (Å²) in [5.41, 5.74) is 0.834. The number of fused-ring (bicyclic) bond motifs is 3. The Morgan fingerprint density at radius 2 is 1.89 bits per heavy atom. The van der Waals surface area contributed by atoms with Crippen molar-refractivity contribution < 1.29 is 33.8 Å². The molecule has 2 aliphatic heterocycles. The number of carboxylic acid groups (broad SMARTS) is 1. The van der Waals surface area contributed by atoms with Crippen LogP contribution in [0.4, 0.5) is 9.93 Å². The zero-order chi connectivity index (χ0) is 38.7. The molecular weight excluding hydrogens is 721 g/mol. The van der Waals surface area contributed by atoms with Crippen LogP contribution in [-0.2, 0) is 19.1 Å². The van der Waals surface area contributed by atoms with Crippen LogP contribution in [0.15, 0.2) is 41.8 Å². The summed E-state index contributed by atoms with van der Waals surface area (Å²) < 4.78 is 12.4. The van der Waals surface area contributed by atoms with Crippen LogP contribution in [0.5, 0.6) is 5.75 Å². The van der Waals surface area contributed by atoms with E-state index in [0.717, 1.165) is 50.1 Å². The van der Waals surface area contributed by atoms with E-state index in [2.05, 4.69) is 21.9 Å². The molecule has 2 aromatic heterocycles. The minimum Gasteiger partial charge on any atom is -0.488 e. The number of nitrogens with one attached hydrogen (secondary N) is 3. The van der Waals surface area contributed by atoms with Crippen LogP contribution in [0, 0.1) is 18.3 Å². The lowest BCUT2D eigenvalue weighted by Crippen LogP contribution is -2.56. The van der Waals surface area contributed by atoms with Gasteiger partial charge in [0.15, 0.2) is 5.13 Å². The number of hydrogen-bond acceptors (Lipinski definition) is 10. The fourth-order valence-electron chi connectivity index (χ4n) is 7.93. The first kappa shape index (κ1) is 38.1. The zero-order valence-electron chi connectivity index (χ0n) is 31.2. The SMILES string of the molecule is C#Cc1cccc2c(O[C@@H]3C[C@H]4C(=O)N[C@]5(C(=O)O)CC5C=CCCCCC[C@H](NC(=O)OC5CCCC5)C(=O)N4C3)cc(-c3csc(NC(C)C)n3)nc12. The van der Waals surface area contributed by atoms with E-state index < -0.39 is 47.6 Å². The van der Waals surface area contributed by atoms with E-state index in [1.54, 1.807) is 12.1 Å². The average molecular weight is 769 g/mol. The summed E-state index contributed by atoms with van der Waals surface area (Å²) in [4.78, 5) is 65.5. The van der Waals surface area contributed by atoms with Gasteiger partial charge >= 0.3 is 12.1 Å². The lowest BCUT2D eigenvalue weighted by molar-refractivity contribution is -0.145. The van der Waals surface area contributed by atoms with Gasteiger partial charge in [-0.05, 0) is 77.3 Å². The standard InChI is InChI=1S/C41H48N6O7S/c1-4-25-13-12-17-29-34(20-31(43-35(25)29)32-23-55-39(44-32)42-24(2)3)53-28-19-33-36(48)46-41(38(50)51)21-26(41)14-8-6-5-7-9-18-30(37(49)47(33)22-28)45-40(52)54-27-15-10-11-16-27/h1,8,12-14,17,20,23-24,26-28,30,33H,5-7,9-11,15-16,18-19,21-22H2,2-3H3,(H,42,44)(H,45,52)(H,46,48)(H,50,51)/t26?,28-,30+,33+,41-/m1/s1. The number of benzene rings is 1. The van der Waals surface area contributed by atoms with Crippen LogP contribution < -0.4 is 20.7 Å². The molecule has 1 aromatic carbocycles. The van der Waals surface area contributed by atoms with Gasteiger partial charge in [0.1, 0.15) is 41.3 Å². The molecule has 4 N–H and O–H groups in total. The number of alkyl carbamates (subject to hydrolysis) is 1. The zero-order valence-corrected chi connectivity index (χ0v) is 32.0. The van der Waals surface area contributed by atoms with Crippen molar-refractivity contribution in [1.29, 1.82) is 0 Å². The summed E-state index contributed by atoms with van der Waals surface area (Å²) >= 11 is 1.46. The number of ether oxygens (including phenoxy) is 2. The van der Waals surface area contributed by atoms with Gasteiger partial charge in [0, 0.05) is 35.2 Å². The summed E-state index contributed by atoms with van der Waals surface area (Å²) in [6, 6.07) is 5.45. The molecule has 0 spiro atoms. The van der Waals surface area contributed by atoms with Crippen LogP contribution in [0.2, 0.25) is 0 Å². The number of hydrogen-bond donors (Lipinski definition) is 4. The van der Waals surface area contributed by atoms with Gasteiger partial charge in [-0.3, -0.25) is 9.59 Å².